The lowest BCUT2D eigenvalue weighted by molar-refractivity contribution is -0.115. The second-order valence-electron chi connectivity index (χ2n) is 5.69. The first-order valence-electron chi connectivity index (χ1n) is 7.78. The van der Waals surface area contributed by atoms with Crippen LogP contribution in [0.1, 0.15) is 21.5 Å². The molecule has 2 N–H and O–H groups in total. The number of rotatable bonds is 6. The Bertz CT molecular complexity index is 921. The molecule has 0 bridgehead atoms. The minimum Gasteiger partial charge on any atom is -0.465 e. The van der Waals surface area contributed by atoms with Gasteiger partial charge in [0.05, 0.1) is 24.1 Å². The number of nitrogens with one attached hydrogen (secondary N) is 2. The second kappa shape index (κ2) is 8.11. The Morgan fingerprint density at radius 3 is 2.23 bits per heavy atom. The fourth-order valence-electron chi connectivity index (χ4n) is 2.14. The van der Waals surface area contributed by atoms with Crippen LogP contribution in [-0.2, 0) is 19.6 Å². The molecular formula is C18H20N2O5S. The van der Waals surface area contributed by atoms with Crippen molar-refractivity contribution >= 4 is 27.6 Å². The van der Waals surface area contributed by atoms with E-state index in [0.29, 0.717) is 11.3 Å². The van der Waals surface area contributed by atoms with Gasteiger partial charge in [0.25, 0.3) is 0 Å². The summed E-state index contributed by atoms with van der Waals surface area (Å²) in [4.78, 5) is 23.4. The van der Waals surface area contributed by atoms with Crippen LogP contribution in [0.3, 0.4) is 0 Å². The second-order valence-corrected chi connectivity index (χ2v) is 7.45. The molecule has 0 unspecified atom stereocenters. The molecule has 1 amide bonds. The van der Waals surface area contributed by atoms with Crippen molar-refractivity contribution in [1.82, 2.24) is 4.72 Å². The lowest BCUT2D eigenvalue weighted by atomic mass is 10.1. The minimum absolute atomic E-state index is 0.107. The molecule has 0 atom stereocenters. The van der Waals surface area contributed by atoms with Crippen molar-refractivity contribution in [2.24, 2.45) is 0 Å². The zero-order valence-electron chi connectivity index (χ0n) is 14.7. The van der Waals surface area contributed by atoms with Crippen molar-refractivity contribution in [2.75, 3.05) is 19.0 Å². The Balaban J connectivity index is 1.97. The predicted octanol–water partition coefficient (Wildman–Crippen LogP) is 2.01. The van der Waals surface area contributed by atoms with Gasteiger partial charge in [-0.2, -0.15) is 0 Å². The number of hydrogen-bond acceptors (Lipinski definition) is 5. The van der Waals surface area contributed by atoms with Crippen molar-refractivity contribution < 1.29 is 22.7 Å². The number of benzene rings is 2. The summed E-state index contributed by atoms with van der Waals surface area (Å²) in [5.74, 6) is -1.01. The largest absolute Gasteiger partial charge is 0.465 e. The van der Waals surface area contributed by atoms with E-state index in [-0.39, 0.29) is 4.90 Å². The Kier molecular flexibility index (Phi) is 6.12. The molecule has 0 radical (unpaired) electrons. The number of carbonyl (C=O) groups excluding carboxylic acids is 2. The van der Waals surface area contributed by atoms with Gasteiger partial charge in [-0.25, -0.2) is 17.9 Å². The molecule has 0 fully saturated rings. The maximum absolute atomic E-state index is 12.3. The fourth-order valence-corrected chi connectivity index (χ4v) is 3.20. The highest BCUT2D eigenvalue weighted by atomic mass is 32.2. The SMILES string of the molecule is COC(=O)c1ccc(NC(=O)CNS(=O)(=O)c2ccc(C)c(C)c2)cc1. The van der Waals surface area contributed by atoms with Crippen LogP contribution in [-0.4, -0.2) is 33.9 Å². The Hall–Kier alpha value is -2.71. The lowest BCUT2D eigenvalue weighted by Gasteiger charge is -2.09. The van der Waals surface area contributed by atoms with Crippen LogP contribution in [0.5, 0.6) is 0 Å². The molecule has 138 valence electrons. The summed E-state index contributed by atoms with van der Waals surface area (Å²) in [6, 6.07) is 10.8. The van der Waals surface area contributed by atoms with Crippen LogP contribution in [0, 0.1) is 13.8 Å². The first-order valence-corrected chi connectivity index (χ1v) is 9.26. The molecule has 0 heterocycles. The van der Waals surface area contributed by atoms with Gasteiger partial charge < -0.3 is 10.1 Å². The lowest BCUT2D eigenvalue weighted by Crippen LogP contribution is -2.33. The number of hydrogen-bond donors (Lipinski definition) is 2. The summed E-state index contributed by atoms with van der Waals surface area (Å²) in [6.07, 6.45) is 0. The Labute approximate surface area is 152 Å². The summed E-state index contributed by atoms with van der Waals surface area (Å²) in [5, 5.41) is 2.55. The number of anilines is 1. The van der Waals surface area contributed by atoms with Gasteiger partial charge in [0, 0.05) is 5.69 Å². The Morgan fingerprint density at radius 1 is 1.00 bits per heavy atom. The number of amides is 1. The predicted molar refractivity (Wildman–Crippen MR) is 97.5 cm³/mol. The van der Waals surface area contributed by atoms with E-state index in [9.17, 15) is 18.0 Å². The third kappa shape index (κ3) is 4.90. The van der Waals surface area contributed by atoms with Crippen molar-refractivity contribution in [2.45, 2.75) is 18.7 Å². The molecular weight excluding hydrogens is 356 g/mol. The third-order valence-electron chi connectivity index (χ3n) is 3.80. The summed E-state index contributed by atoms with van der Waals surface area (Å²) in [6.45, 7) is 3.30. The molecule has 0 aliphatic rings. The average molecular weight is 376 g/mol. The van der Waals surface area contributed by atoms with Crippen molar-refractivity contribution in [3.05, 3.63) is 59.2 Å². The van der Waals surface area contributed by atoms with E-state index in [1.807, 2.05) is 13.8 Å². The molecule has 2 rings (SSSR count). The van der Waals surface area contributed by atoms with E-state index in [1.54, 1.807) is 12.1 Å². The van der Waals surface area contributed by atoms with Crippen LogP contribution in [0.2, 0.25) is 0 Å². The van der Waals surface area contributed by atoms with Crippen LogP contribution in [0.25, 0.3) is 0 Å². The summed E-state index contributed by atoms with van der Waals surface area (Å²) < 4.78 is 31.4. The van der Waals surface area contributed by atoms with Gasteiger partial charge in [-0.15, -0.1) is 0 Å². The first-order chi connectivity index (χ1) is 12.2. The van der Waals surface area contributed by atoms with E-state index >= 15 is 0 Å². The van der Waals surface area contributed by atoms with Crippen LogP contribution < -0.4 is 10.0 Å². The monoisotopic (exact) mass is 376 g/mol. The van der Waals surface area contributed by atoms with Crippen molar-refractivity contribution in [3.8, 4) is 0 Å². The van der Waals surface area contributed by atoms with Gasteiger partial charge in [0.15, 0.2) is 0 Å². The zero-order chi connectivity index (χ0) is 19.3. The van der Waals surface area contributed by atoms with E-state index in [2.05, 4.69) is 14.8 Å². The minimum atomic E-state index is -3.78. The highest BCUT2D eigenvalue weighted by Crippen LogP contribution is 2.14. The molecule has 0 saturated heterocycles. The summed E-state index contributed by atoms with van der Waals surface area (Å²) in [5.41, 5.74) is 2.62. The molecule has 0 saturated carbocycles. The average Bonchev–Trinajstić information content (AvgIpc) is 2.62. The summed E-state index contributed by atoms with van der Waals surface area (Å²) in [7, 11) is -2.50. The molecule has 2 aromatic rings. The fraction of sp³-hybridized carbons (Fsp3) is 0.222. The quantitative estimate of drug-likeness (QED) is 0.751. The molecule has 8 heteroatoms. The Morgan fingerprint density at radius 2 is 1.65 bits per heavy atom. The number of carbonyl (C=O) groups is 2. The van der Waals surface area contributed by atoms with Crippen molar-refractivity contribution in [1.29, 1.82) is 0 Å². The van der Waals surface area contributed by atoms with Gasteiger partial charge in [-0.05, 0) is 61.4 Å². The van der Waals surface area contributed by atoms with Gasteiger partial charge in [0.2, 0.25) is 15.9 Å². The maximum Gasteiger partial charge on any atom is 0.337 e. The molecule has 26 heavy (non-hydrogen) atoms. The maximum atomic E-state index is 12.3. The number of methoxy groups -OCH3 is 1. The van der Waals surface area contributed by atoms with Gasteiger partial charge in [0.1, 0.15) is 0 Å². The standard InChI is InChI=1S/C18H20N2O5S/c1-12-4-9-16(10-13(12)2)26(23,24)19-11-17(21)20-15-7-5-14(6-8-15)18(22)25-3/h4-10,19H,11H2,1-3H3,(H,20,21). The number of esters is 1. The van der Waals surface area contributed by atoms with E-state index in [1.165, 1.54) is 37.4 Å². The molecule has 0 aromatic heterocycles. The number of sulfonamides is 1. The molecule has 0 aliphatic carbocycles. The zero-order valence-corrected chi connectivity index (χ0v) is 15.5. The molecule has 0 aliphatic heterocycles. The van der Waals surface area contributed by atoms with Gasteiger partial charge in [-0.1, -0.05) is 6.07 Å². The van der Waals surface area contributed by atoms with Crippen molar-refractivity contribution in [3.63, 3.8) is 0 Å². The smallest absolute Gasteiger partial charge is 0.337 e. The van der Waals surface area contributed by atoms with E-state index in [0.717, 1.165) is 11.1 Å². The summed E-state index contributed by atoms with van der Waals surface area (Å²) >= 11 is 0. The van der Waals surface area contributed by atoms with Crippen LogP contribution >= 0.6 is 0 Å². The first kappa shape index (κ1) is 19.6. The van der Waals surface area contributed by atoms with Crippen LogP contribution in [0.15, 0.2) is 47.4 Å². The van der Waals surface area contributed by atoms with Crippen LogP contribution in [0.4, 0.5) is 5.69 Å². The third-order valence-corrected chi connectivity index (χ3v) is 5.20. The number of aryl methyl sites for hydroxylation is 2. The molecule has 2 aromatic carbocycles. The normalized spacial score (nSPS) is 11.0. The van der Waals surface area contributed by atoms with Gasteiger partial charge >= 0.3 is 5.97 Å². The highest BCUT2D eigenvalue weighted by molar-refractivity contribution is 7.89. The van der Waals surface area contributed by atoms with Gasteiger partial charge in [-0.3, -0.25) is 4.79 Å². The molecule has 0 spiro atoms. The number of ether oxygens (including phenoxy) is 1. The van der Waals surface area contributed by atoms with E-state index in [4.69, 9.17) is 0 Å². The highest BCUT2D eigenvalue weighted by Gasteiger charge is 2.16. The topological polar surface area (TPSA) is 102 Å². The van der Waals surface area contributed by atoms with E-state index < -0.39 is 28.4 Å². The molecule has 7 nitrogen and oxygen atoms in total.